The van der Waals surface area contributed by atoms with Crippen LogP contribution in [0.1, 0.15) is 27.2 Å². The average Bonchev–Trinajstić information content (AvgIpc) is 2.04. The van der Waals surface area contributed by atoms with Gasteiger partial charge in [0.15, 0.2) is 0 Å². The summed E-state index contributed by atoms with van der Waals surface area (Å²) in [6.45, 7) is 9.69. The summed E-state index contributed by atoms with van der Waals surface area (Å²) in [4.78, 5) is 0. The van der Waals surface area contributed by atoms with Crippen LogP contribution in [0.3, 0.4) is 0 Å². The van der Waals surface area contributed by atoms with E-state index in [1.165, 1.54) is 0 Å². The Morgan fingerprint density at radius 3 is 2.07 bits per heavy atom. The van der Waals surface area contributed by atoms with E-state index in [1.54, 1.807) is 0 Å². The maximum atomic E-state index is 5.77. The Bertz CT molecular complexity index is 140. The molecular weight excluding hydrogens is 198 g/mol. The van der Waals surface area contributed by atoms with E-state index in [4.69, 9.17) is 19.0 Å². The molecule has 0 rings (SSSR count). The smallest absolute Gasteiger partial charge is 0.374 e. The fourth-order valence-corrected chi connectivity index (χ4v) is 3.41. The Hall–Kier alpha value is 0.0569. The van der Waals surface area contributed by atoms with Crippen LogP contribution in [0.25, 0.3) is 0 Å². The molecule has 0 heterocycles. The number of hydrogen-bond donors (Lipinski definition) is 1. The van der Waals surface area contributed by atoms with Crippen LogP contribution in [-0.4, -0.2) is 34.7 Å². The molecule has 0 bridgehead atoms. The summed E-state index contributed by atoms with van der Waals surface area (Å²) in [5, 5.41) is 0. The molecular formula is C9H23NO3Si. The zero-order valence-electron chi connectivity index (χ0n) is 9.71. The minimum atomic E-state index is -2.41. The Morgan fingerprint density at radius 1 is 1.21 bits per heavy atom. The van der Waals surface area contributed by atoms with Crippen LogP contribution in [-0.2, 0) is 13.3 Å². The highest BCUT2D eigenvalue weighted by molar-refractivity contribution is 6.59. The number of hydrogen-bond acceptors (Lipinski definition) is 4. The van der Waals surface area contributed by atoms with Crippen molar-refractivity contribution in [3.8, 4) is 0 Å². The molecule has 0 spiro atoms. The molecule has 0 radical (unpaired) electrons. The van der Waals surface area contributed by atoms with Gasteiger partial charge in [0.2, 0.25) is 0 Å². The molecule has 1 unspecified atom stereocenters. The second-order valence-electron chi connectivity index (χ2n) is 3.23. The van der Waals surface area contributed by atoms with E-state index in [0.29, 0.717) is 19.8 Å². The van der Waals surface area contributed by atoms with Gasteiger partial charge in [0.05, 0.1) is 0 Å². The zero-order chi connectivity index (χ0) is 11.0. The van der Waals surface area contributed by atoms with Gasteiger partial charge in [0.25, 0.3) is 0 Å². The maximum absolute atomic E-state index is 5.77. The summed E-state index contributed by atoms with van der Waals surface area (Å²) in [6.07, 6.45) is 0.942. The first kappa shape index (κ1) is 14.1. The number of nitrogens with two attached hydrogens (primary N) is 1. The van der Waals surface area contributed by atoms with Gasteiger partial charge in [-0.15, -0.1) is 0 Å². The fourth-order valence-electron chi connectivity index (χ4n) is 1.29. The average molecular weight is 221 g/mol. The van der Waals surface area contributed by atoms with Gasteiger partial charge in [-0.3, -0.25) is 0 Å². The fraction of sp³-hybridized carbons (Fsp3) is 1.00. The molecule has 86 valence electrons. The van der Waals surface area contributed by atoms with Crippen molar-refractivity contribution in [3.05, 3.63) is 0 Å². The molecule has 0 aromatic rings. The lowest BCUT2D eigenvalue weighted by atomic mass is 10.3. The monoisotopic (exact) mass is 221 g/mol. The molecule has 0 aliphatic carbocycles. The van der Waals surface area contributed by atoms with Crippen molar-refractivity contribution in [1.29, 1.82) is 0 Å². The van der Waals surface area contributed by atoms with E-state index >= 15 is 0 Å². The molecule has 0 aromatic heterocycles. The second kappa shape index (κ2) is 7.36. The van der Waals surface area contributed by atoms with Gasteiger partial charge in [-0.1, -0.05) is 0 Å². The molecule has 0 saturated heterocycles. The van der Waals surface area contributed by atoms with E-state index in [-0.39, 0.29) is 6.10 Å². The highest BCUT2D eigenvalue weighted by Gasteiger charge is 2.35. The summed E-state index contributed by atoms with van der Waals surface area (Å²) in [6, 6.07) is 0. The first-order valence-corrected chi connectivity index (χ1v) is 7.46. The van der Waals surface area contributed by atoms with Crippen LogP contribution in [0.5, 0.6) is 0 Å². The highest BCUT2D eigenvalue weighted by Crippen LogP contribution is 2.13. The summed E-state index contributed by atoms with van der Waals surface area (Å²) >= 11 is 0. The van der Waals surface area contributed by atoms with Crippen molar-refractivity contribution in [2.24, 2.45) is 5.73 Å². The SMILES string of the molecule is CCO[Si](C)(OCC)OC(C)CCN. The predicted octanol–water partition coefficient (Wildman–Crippen LogP) is 1.38. The lowest BCUT2D eigenvalue weighted by molar-refractivity contribution is 0.0425. The number of rotatable bonds is 8. The lowest BCUT2D eigenvalue weighted by Gasteiger charge is -2.28. The third kappa shape index (κ3) is 5.72. The summed E-state index contributed by atoms with van der Waals surface area (Å²) in [7, 11) is -2.41. The minimum Gasteiger partial charge on any atom is -0.374 e. The van der Waals surface area contributed by atoms with Crippen LogP contribution >= 0.6 is 0 Å². The molecule has 0 aromatic carbocycles. The third-order valence-corrected chi connectivity index (χ3v) is 4.26. The largest absolute Gasteiger partial charge is 0.497 e. The Kier molecular flexibility index (Phi) is 7.39. The Morgan fingerprint density at radius 2 is 1.71 bits per heavy atom. The van der Waals surface area contributed by atoms with Gasteiger partial charge >= 0.3 is 8.80 Å². The molecule has 4 nitrogen and oxygen atoms in total. The molecule has 5 heteroatoms. The van der Waals surface area contributed by atoms with E-state index in [2.05, 4.69) is 0 Å². The molecule has 0 aliphatic rings. The van der Waals surface area contributed by atoms with Crippen LogP contribution in [0.15, 0.2) is 0 Å². The van der Waals surface area contributed by atoms with E-state index < -0.39 is 8.80 Å². The van der Waals surface area contributed by atoms with Crippen LogP contribution in [0, 0.1) is 0 Å². The maximum Gasteiger partial charge on any atom is 0.497 e. The minimum absolute atomic E-state index is 0.106. The molecule has 14 heavy (non-hydrogen) atoms. The van der Waals surface area contributed by atoms with Crippen molar-refractivity contribution in [2.45, 2.75) is 39.8 Å². The topological polar surface area (TPSA) is 53.7 Å². The van der Waals surface area contributed by atoms with Crippen molar-refractivity contribution in [3.63, 3.8) is 0 Å². The first-order chi connectivity index (χ1) is 6.58. The van der Waals surface area contributed by atoms with Gasteiger partial charge in [-0.05, 0) is 33.7 Å². The normalized spacial score (nSPS) is 14.4. The van der Waals surface area contributed by atoms with Crippen LogP contribution in [0.2, 0.25) is 6.55 Å². The summed E-state index contributed by atoms with van der Waals surface area (Å²) in [5.41, 5.74) is 5.45. The molecule has 0 fully saturated rings. The van der Waals surface area contributed by atoms with Crippen molar-refractivity contribution < 1.29 is 13.3 Å². The quantitative estimate of drug-likeness (QED) is 0.629. The van der Waals surface area contributed by atoms with Crippen LogP contribution in [0.4, 0.5) is 0 Å². The highest BCUT2D eigenvalue weighted by atomic mass is 28.4. The molecule has 0 aliphatic heterocycles. The standard InChI is InChI=1S/C9H23NO3Si/c1-5-11-14(4,12-6-2)13-9(3)7-8-10/h9H,5-8,10H2,1-4H3. The van der Waals surface area contributed by atoms with Gasteiger partial charge in [0.1, 0.15) is 0 Å². The molecule has 2 N–H and O–H groups in total. The lowest BCUT2D eigenvalue weighted by Crippen LogP contribution is -2.45. The summed E-state index contributed by atoms with van der Waals surface area (Å²) in [5.74, 6) is 0. The summed E-state index contributed by atoms with van der Waals surface area (Å²) < 4.78 is 16.9. The van der Waals surface area contributed by atoms with Gasteiger partial charge < -0.3 is 19.0 Å². The molecule has 1 atom stereocenters. The zero-order valence-corrected chi connectivity index (χ0v) is 10.7. The first-order valence-electron chi connectivity index (χ1n) is 5.23. The Balaban J connectivity index is 4.05. The molecule has 0 saturated carbocycles. The van der Waals surface area contributed by atoms with Gasteiger partial charge in [-0.2, -0.15) is 0 Å². The van der Waals surface area contributed by atoms with E-state index in [0.717, 1.165) is 6.42 Å². The third-order valence-electron chi connectivity index (χ3n) is 1.80. The second-order valence-corrected chi connectivity index (χ2v) is 5.77. The van der Waals surface area contributed by atoms with Crippen molar-refractivity contribution in [1.82, 2.24) is 0 Å². The van der Waals surface area contributed by atoms with E-state index in [9.17, 15) is 0 Å². The Labute approximate surface area is 88.1 Å². The van der Waals surface area contributed by atoms with E-state index in [1.807, 2.05) is 27.3 Å². The molecule has 0 amide bonds. The van der Waals surface area contributed by atoms with Gasteiger partial charge in [0, 0.05) is 25.9 Å². The van der Waals surface area contributed by atoms with Crippen molar-refractivity contribution >= 4 is 8.80 Å². The van der Waals surface area contributed by atoms with Crippen LogP contribution < -0.4 is 5.73 Å². The van der Waals surface area contributed by atoms with Crippen molar-refractivity contribution in [2.75, 3.05) is 19.8 Å². The van der Waals surface area contributed by atoms with Gasteiger partial charge in [-0.25, -0.2) is 0 Å². The predicted molar refractivity (Wildman–Crippen MR) is 59.1 cm³/mol.